The molecule has 0 aromatic carbocycles. The summed E-state index contributed by atoms with van der Waals surface area (Å²) in [5.41, 5.74) is -3.23. The minimum atomic E-state index is -1.81. The van der Waals surface area contributed by atoms with Gasteiger partial charge in [0.15, 0.2) is 0 Å². The summed E-state index contributed by atoms with van der Waals surface area (Å²) in [7, 11) is -7.22. The lowest BCUT2D eigenvalue weighted by molar-refractivity contribution is -0.148. The minimum Gasteiger partial charge on any atom is -0.379 e. The van der Waals surface area contributed by atoms with Crippen LogP contribution < -0.4 is 0 Å². The van der Waals surface area contributed by atoms with Gasteiger partial charge in [0.05, 0.1) is 113 Å². The molecule has 0 aliphatic carbocycles. The fourth-order valence-corrected chi connectivity index (χ4v) is 19.7. The summed E-state index contributed by atoms with van der Waals surface area (Å²) < 4.78 is 65.9. The average molecular weight is 1410 g/mol. The predicted octanol–water partition coefficient (Wildman–Crippen LogP) is 19.1. The minimum absolute atomic E-state index is 0.0536. The van der Waals surface area contributed by atoms with E-state index in [0.29, 0.717) is 105 Å². The second kappa shape index (κ2) is 34.6. The Kier molecular flexibility index (Phi) is 34.4. The number of carbonyl (C=O) groups is 2. The van der Waals surface area contributed by atoms with Crippen LogP contribution in [0.25, 0.3) is 0 Å². The van der Waals surface area contributed by atoms with Crippen LogP contribution >= 0.6 is 0 Å². The van der Waals surface area contributed by atoms with E-state index in [0.717, 1.165) is 12.8 Å². The molecule has 18 heteroatoms. The number of amides is 2. The predicted molar refractivity (Wildman–Crippen MR) is 410 cm³/mol. The third-order valence-electron chi connectivity index (χ3n) is 24.8. The van der Waals surface area contributed by atoms with Gasteiger partial charge < -0.3 is 57.2 Å². The molecule has 0 fully saturated rings. The quantitative estimate of drug-likeness (QED) is 0.0538. The van der Waals surface area contributed by atoms with E-state index >= 15 is 0 Å². The topological polar surface area (TPSA) is 133 Å². The van der Waals surface area contributed by atoms with Crippen molar-refractivity contribution in [1.82, 2.24) is 9.80 Å². The zero-order valence-electron chi connectivity index (χ0n) is 69.9. The van der Waals surface area contributed by atoms with Crippen LogP contribution in [0.15, 0.2) is 0 Å². The highest BCUT2D eigenvalue weighted by atomic mass is 28.3. The van der Waals surface area contributed by atoms with E-state index in [9.17, 15) is 9.59 Å². The molecule has 0 rings (SSSR count). The maximum absolute atomic E-state index is 14.4. The van der Waals surface area contributed by atoms with Gasteiger partial charge in [0, 0.05) is 52.6 Å². The van der Waals surface area contributed by atoms with Crippen molar-refractivity contribution >= 4 is 44.1 Å². The molecule has 0 bridgehead atoms. The van der Waals surface area contributed by atoms with Crippen molar-refractivity contribution in [3.05, 3.63) is 0 Å². The molecule has 2 amide bonds. The number of rotatable bonds is 45. The Morgan fingerprint density at radius 2 is 0.404 bits per heavy atom. The fourth-order valence-electron chi connectivity index (χ4n) is 10.7. The maximum atomic E-state index is 14.4. The molecule has 0 heterocycles. The third kappa shape index (κ3) is 29.8. The zero-order chi connectivity index (χ0) is 74.5. The van der Waals surface area contributed by atoms with Crippen LogP contribution in [0.3, 0.4) is 0 Å². The zero-order valence-corrected chi connectivity index (χ0v) is 73.9. The largest absolute Gasteiger partial charge is 0.379 e. The lowest BCUT2D eigenvalue weighted by Gasteiger charge is -2.48. The van der Waals surface area contributed by atoms with E-state index in [-0.39, 0.29) is 66.1 Å². The molecule has 0 spiro atoms. The Morgan fingerprint density at radius 3 is 0.617 bits per heavy atom. The smallest absolute Gasteiger partial charge is 0.248 e. The van der Waals surface area contributed by atoms with E-state index in [2.05, 4.69) is 246 Å². The number of hydrogen-bond acceptors (Lipinski definition) is 12. The second-order valence-corrected chi connectivity index (χ2v) is 63.5. The van der Waals surface area contributed by atoms with Gasteiger partial charge in [0.2, 0.25) is 11.8 Å². The number of carbonyl (C=O) groups excluding carboxylic acids is 2. The van der Waals surface area contributed by atoms with Gasteiger partial charge >= 0.3 is 0 Å². The summed E-state index contributed by atoms with van der Waals surface area (Å²) in [6.07, 6.45) is 3.97. The van der Waals surface area contributed by atoms with Crippen LogP contribution in [0.5, 0.6) is 0 Å². The van der Waals surface area contributed by atoms with Gasteiger partial charge in [-0.3, -0.25) is 9.59 Å². The van der Waals surface area contributed by atoms with Crippen molar-refractivity contribution in [2.75, 3.05) is 92.2 Å². The van der Waals surface area contributed by atoms with Crippen molar-refractivity contribution in [1.29, 1.82) is 0 Å². The Bertz CT molecular complexity index is 2260. The molecule has 0 aromatic heterocycles. The van der Waals surface area contributed by atoms with Crippen LogP contribution in [0.1, 0.15) is 260 Å². The normalized spacial score (nSPS) is 15.1. The molecule has 562 valence electrons. The van der Waals surface area contributed by atoms with Crippen molar-refractivity contribution in [3.63, 3.8) is 0 Å². The van der Waals surface area contributed by atoms with Crippen LogP contribution in [0.2, 0.25) is 72.5 Å². The molecule has 0 saturated carbocycles. The second-order valence-electron chi connectivity index (χ2n) is 39.7. The van der Waals surface area contributed by atoms with Gasteiger partial charge in [0.25, 0.3) is 0 Å². The lowest BCUT2D eigenvalue weighted by atomic mass is 10.0. The van der Waals surface area contributed by atoms with Gasteiger partial charge in [-0.25, -0.2) is 0 Å². The molecular weight excluding hydrogens is 1250 g/mol. The van der Waals surface area contributed by atoms with Crippen LogP contribution in [0, 0.1) is 0 Å². The number of ether oxygens (including phenoxy) is 10. The van der Waals surface area contributed by atoms with Crippen molar-refractivity contribution < 1.29 is 57.0 Å². The van der Waals surface area contributed by atoms with E-state index in [1.54, 1.807) is 0 Å². The highest BCUT2D eigenvalue weighted by molar-refractivity contribution is 6.84. The fraction of sp³-hybridized carbons (Fsp3) is 0.974. The van der Waals surface area contributed by atoms with Crippen molar-refractivity contribution in [2.24, 2.45) is 0 Å². The number of nitrogens with zero attached hydrogens (tertiary/aromatic N) is 2. The molecule has 0 N–H and O–H groups in total. The maximum Gasteiger partial charge on any atom is 0.248 e. The summed E-state index contributed by atoms with van der Waals surface area (Å²) in [6.45, 7) is 95.2. The lowest BCUT2D eigenvalue weighted by Crippen LogP contribution is -2.58. The van der Waals surface area contributed by atoms with Crippen LogP contribution in [-0.2, 0) is 57.0 Å². The highest BCUT2D eigenvalue weighted by Crippen LogP contribution is 2.48. The first kappa shape index (κ1) is 93.4. The Hall–Kier alpha value is -0.592. The van der Waals surface area contributed by atoms with E-state index < -0.39 is 65.9 Å². The van der Waals surface area contributed by atoms with Gasteiger partial charge in [-0.05, 0) is 197 Å². The van der Waals surface area contributed by atoms with E-state index in [1.165, 1.54) is 0 Å². The molecule has 0 atom stereocenters. The van der Waals surface area contributed by atoms with Crippen LogP contribution in [-0.4, -0.2) is 201 Å². The van der Waals surface area contributed by atoms with Crippen molar-refractivity contribution in [3.8, 4) is 0 Å². The average Bonchev–Trinajstić information content (AvgIpc) is 0.801. The SMILES string of the molecule is CC(C)(CCOC(C)(C)CCN(CCOC(C)(C)CCOC(C)(C)[Si](C)(C)C(C)(C)C)C(=O)COC(C)(C)CCOC(C)(C)[Si](C)(C)C(C)(C)C)OCCN(CCOC(C)(C)CCOC(C)(C)[Si](C)(C)C(C)(C)C)C(=O)COC(C)(C)CCOC(C)(C)[Si](C)(C)C(C)(C)C. The Balaban J connectivity index is 6.30. The molecule has 14 nitrogen and oxygen atoms in total. The van der Waals surface area contributed by atoms with Crippen LogP contribution in [0.4, 0.5) is 0 Å². The molecule has 0 radical (unpaired) electrons. The summed E-state index contributed by atoms with van der Waals surface area (Å²) >= 11 is 0. The van der Waals surface area contributed by atoms with Gasteiger partial charge in [-0.15, -0.1) is 0 Å². The number of hydrogen-bond donors (Lipinski definition) is 0. The summed E-state index contributed by atoms with van der Waals surface area (Å²) in [6, 6.07) is 0. The standard InChI is InChI=1S/C76H160N2O12Si4/c1-63(2,3)91(33,34)73(25,26)85-52-43-69(17,18)82-56-48-77(61(79)59-89-71(21,22)45-54-87-75(29,30)93(37,38)65(7,8)9)47-41-67(13,14)81-51-42-68(15,16)83-57-49-78(50-58-84-70(19,20)44-53-86-74(27,28)92(35,36)64(4,5)6)62(80)60-90-72(23,24)46-55-88-76(31,32)94(39,40)66(10,11)12/h41-60H2,1-40H3. The third-order valence-corrected chi connectivity index (χ3v) is 52.4. The monoisotopic (exact) mass is 1410 g/mol. The summed E-state index contributed by atoms with van der Waals surface area (Å²) in [4.78, 5) is 32.3. The molecule has 0 aliphatic rings. The van der Waals surface area contributed by atoms with Gasteiger partial charge in [-0.1, -0.05) is 135 Å². The molecular formula is C76H160N2O12Si4. The van der Waals surface area contributed by atoms with E-state index in [4.69, 9.17) is 47.4 Å². The first-order valence-corrected chi connectivity index (χ1v) is 48.4. The summed E-state index contributed by atoms with van der Waals surface area (Å²) in [5.74, 6) is -0.198. The Morgan fingerprint density at radius 1 is 0.234 bits per heavy atom. The van der Waals surface area contributed by atoms with Gasteiger partial charge in [0.1, 0.15) is 13.2 Å². The van der Waals surface area contributed by atoms with E-state index in [1.807, 2.05) is 37.5 Å². The molecule has 0 aromatic rings. The molecule has 0 aliphatic heterocycles. The molecule has 0 saturated heterocycles. The Labute approximate surface area is 587 Å². The van der Waals surface area contributed by atoms with Gasteiger partial charge in [-0.2, -0.15) is 0 Å². The van der Waals surface area contributed by atoms with Crippen molar-refractivity contribution in [2.45, 2.75) is 387 Å². The first-order valence-electron chi connectivity index (χ1n) is 36.4. The highest BCUT2D eigenvalue weighted by Gasteiger charge is 2.52. The molecule has 0 unspecified atom stereocenters. The first-order chi connectivity index (χ1) is 41.4. The molecule has 94 heavy (non-hydrogen) atoms. The summed E-state index contributed by atoms with van der Waals surface area (Å²) in [5, 5.41) is -0.181.